The Morgan fingerprint density at radius 2 is 2.00 bits per heavy atom. The minimum absolute atomic E-state index is 0.0595. The van der Waals surface area contributed by atoms with Gasteiger partial charge in [-0.1, -0.05) is 32.9 Å². The number of nitrogens with zero attached hydrogens (tertiary/aromatic N) is 1. The van der Waals surface area contributed by atoms with E-state index in [1.54, 1.807) is 13.8 Å². The Morgan fingerprint density at radius 1 is 1.39 bits per heavy atom. The number of amides is 1. The molecule has 1 saturated heterocycles. The number of hydrogen-bond donors (Lipinski definition) is 1. The predicted molar refractivity (Wildman–Crippen MR) is 88.0 cm³/mol. The number of sulfonamides is 1. The van der Waals surface area contributed by atoms with Crippen molar-refractivity contribution in [1.82, 2.24) is 4.31 Å². The quantitative estimate of drug-likeness (QED) is 0.796. The van der Waals surface area contributed by atoms with Gasteiger partial charge in [-0.05, 0) is 37.5 Å². The molecular weight excluding hydrogens is 314 g/mol. The molecule has 130 valence electrons. The maximum absolute atomic E-state index is 12.9. The fraction of sp³-hybridized carbons (Fsp3) is 0.824. The van der Waals surface area contributed by atoms with E-state index >= 15 is 0 Å². The van der Waals surface area contributed by atoms with Crippen LogP contribution in [0.1, 0.15) is 47.0 Å². The predicted octanol–water partition coefficient (Wildman–Crippen LogP) is 1.93. The molecule has 0 aromatic carbocycles. The van der Waals surface area contributed by atoms with Crippen LogP contribution in [0.5, 0.6) is 0 Å². The van der Waals surface area contributed by atoms with E-state index in [9.17, 15) is 18.3 Å². The zero-order valence-electron chi connectivity index (χ0n) is 14.4. The lowest BCUT2D eigenvalue weighted by Gasteiger charge is -2.37. The van der Waals surface area contributed by atoms with E-state index in [-0.39, 0.29) is 22.6 Å². The van der Waals surface area contributed by atoms with E-state index in [2.05, 4.69) is 20.4 Å². The molecule has 0 unspecified atom stereocenters. The first kappa shape index (κ1) is 17.0. The summed E-state index contributed by atoms with van der Waals surface area (Å²) in [5, 5.41) is 10.1. The van der Waals surface area contributed by atoms with Crippen molar-refractivity contribution in [2.45, 2.75) is 59.1 Å². The summed E-state index contributed by atoms with van der Waals surface area (Å²) in [6.45, 7) is 11.2. The van der Waals surface area contributed by atoms with Crippen molar-refractivity contribution < 1.29 is 18.3 Å². The van der Waals surface area contributed by atoms with Crippen molar-refractivity contribution in [1.29, 1.82) is 0 Å². The van der Waals surface area contributed by atoms with E-state index in [0.29, 0.717) is 11.5 Å². The summed E-state index contributed by atoms with van der Waals surface area (Å²) >= 11 is 0. The minimum Gasteiger partial charge on any atom is -0.388 e. The first-order valence-electron chi connectivity index (χ1n) is 8.35. The molecule has 3 fully saturated rings. The van der Waals surface area contributed by atoms with E-state index in [1.165, 1.54) is 0 Å². The first-order chi connectivity index (χ1) is 10.5. The molecule has 3 aliphatic rings. The van der Waals surface area contributed by atoms with Crippen LogP contribution < -0.4 is 0 Å². The van der Waals surface area contributed by atoms with Crippen LogP contribution in [-0.4, -0.2) is 41.6 Å². The summed E-state index contributed by atoms with van der Waals surface area (Å²) in [5.74, 6) is -0.736. The molecule has 2 saturated carbocycles. The Hall–Kier alpha value is -0.880. The fourth-order valence-electron chi connectivity index (χ4n) is 5.34. The summed E-state index contributed by atoms with van der Waals surface area (Å²) in [6.07, 6.45) is 1.66. The molecule has 1 amide bonds. The third-order valence-corrected chi connectivity index (χ3v) is 8.91. The number of hydrogen-bond acceptors (Lipinski definition) is 4. The van der Waals surface area contributed by atoms with Gasteiger partial charge in [0.15, 0.2) is 0 Å². The highest BCUT2D eigenvalue weighted by molar-refractivity contribution is 7.90. The zero-order chi connectivity index (χ0) is 17.4. The molecule has 0 aromatic rings. The van der Waals surface area contributed by atoms with Gasteiger partial charge in [-0.25, -0.2) is 12.7 Å². The van der Waals surface area contributed by atoms with Crippen molar-refractivity contribution in [3.05, 3.63) is 12.2 Å². The van der Waals surface area contributed by atoms with Gasteiger partial charge in [0.1, 0.15) is 0 Å². The van der Waals surface area contributed by atoms with Crippen molar-refractivity contribution >= 4 is 15.9 Å². The largest absolute Gasteiger partial charge is 0.388 e. The third-order valence-electron chi connectivity index (χ3n) is 7.00. The van der Waals surface area contributed by atoms with Crippen LogP contribution in [0.4, 0.5) is 0 Å². The molecule has 1 aliphatic heterocycles. The summed E-state index contributed by atoms with van der Waals surface area (Å²) in [7, 11) is -3.62. The number of carbonyl (C=O) groups is 1. The van der Waals surface area contributed by atoms with Crippen molar-refractivity contribution in [2.75, 3.05) is 5.75 Å². The second kappa shape index (κ2) is 4.82. The monoisotopic (exact) mass is 341 g/mol. The van der Waals surface area contributed by atoms with Gasteiger partial charge in [0, 0.05) is 5.41 Å². The maximum atomic E-state index is 12.9. The average molecular weight is 341 g/mol. The summed E-state index contributed by atoms with van der Waals surface area (Å²) < 4.78 is 26.7. The molecule has 2 aliphatic carbocycles. The Morgan fingerprint density at radius 3 is 2.52 bits per heavy atom. The second-order valence-electron chi connectivity index (χ2n) is 8.34. The van der Waals surface area contributed by atoms with Crippen molar-refractivity contribution in [3.8, 4) is 0 Å². The Labute approximate surface area is 138 Å². The first-order valence-corrected chi connectivity index (χ1v) is 9.96. The molecular formula is C17H27NO4S. The summed E-state index contributed by atoms with van der Waals surface area (Å²) in [4.78, 5) is 12.9. The number of rotatable bonds is 3. The lowest BCUT2D eigenvalue weighted by atomic mass is 9.69. The van der Waals surface area contributed by atoms with Gasteiger partial charge in [0.2, 0.25) is 15.9 Å². The van der Waals surface area contributed by atoms with Gasteiger partial charge in [-0.15, -0.1) is 0 Å². The van der Waals surface area contributed by atoms with E-state index in [0.717, 1.165) is 23.6 Å². The second-order valence-corrected chi connectivity index (χ2v) is 10.2. The maximum Gasteiger partial charge on any atom is 0.242 e. The van der Waals surface area contributed by atoms with Gasteiger partial charge in [0.05, 0.1) is 23.8 Å². The number of carbonyl (C=O) groups excluding carboxylic acids is 1. The highest BCUT2D eigenvalue weighted by atomic mass is 32.2. The minimum atomic E-state index is -3.62. The molecule has 3 rings (SSSR count). The van der Waals surface area contributed by atoms with Crippen LogP contribution in [0.2, 0.25) is 0 Å². The molecule has 2 bridgehead atoms. The number of aliphatic hydroxyl groups is 1. The molecule has 6 heteroatoms. The Bertz CT molecular complexity index is 668. The molecule has 5 nitrogen and oxygen atoms in total. The standard InChI is InChI=1S/C17H27NO4S/c1-10(2)14(19)11(3)15(20)18-13-8-12-6-7-17(13,16(12,4)5)9-23(18,21)22/h11-14,19H,1,6-9H2,2-5H3/t11-,12+,13+,14-,17+/m0/s1. The molecule has 23 heavy (non-hydrogen) atoms. The van der Waals surface area contributed by atoms with Gasteiger partial charge in [-0.3, -0.25) is 4.79 Å². The van der Waals surface area contributed by atoms with Gasteiger partial charge >= 0.3 is 0 Å². The number of aliphatic hydroxyl groups excluding tert-OH is 1. The van der Waals surface area contributed by atoms with Crippen LogP contribution in [0.25, 0.3) is 0 Å². The SMILES string of the molecule is C=C(C)[C@H](O)[C@H](C)C(=O)N1[C@@H]2C[C@H]3CC[C@]2(CS1(=O)=O)C3(C)C. The smallest absolute Gasteiger partial charge is 0.242 e. The highest BCUT2D eigenvalue weighted by Crippen LogP contribution is 2.70. The molecule has 0 radical (unpaired) electrons. The summed E-state index contributed by atoms with van der Waals surface area (Å²) in [6, 6.07) is -0.242. The fourth-order valence-corrected chi connectivity index (χ4v) is 7.96. The van der Waals surface area contributed by atoms with Crippen LogP contribution in [0.15, 0.2) is 12.2 Å². The molecule has 1 spiro atoms. The van der Waals surface area contributed by atoms with E-state index < -0.39 is 28.0 Å². The van der Waals surface area contributed by atoms with Crippen molar-refractivity contribution in [2.24, 2.45) is 22.7 Å². The van der Waals surface area contributed by atoms with Crippen LogP contribution >= 0.6 is 0 Å². The lowest BCUT2D eigenvalue weighted by Crippen LogP contribution is -2.47. The molecule has 0 aromatic heterocycles. The molecule has 5 atom stereocenters. The van der Waals surface area contributed by atoms with Crippen LogP contribution in [-0.2, 0) is 14.8 Å². The van der Waals surface area contributed by atoms with Gasteiger partial charge in [-0.2, -0.15) is 0 Å². The van der Waals surface area contributed by atoms with Gasteiger partial charge in [0.25, 0.3) is 0 Å². The van der Waals surface area contributed by atoms with Crippen molar-refractivity contribution in [3.63, 3.8) is 0 Å². The zero-order valence-corrected chi connectivity index (χ0v) is 15.2. The van der Waals surface area contributed by atoms with E-state index in [4.69, 9.17) is 0 Å². The molecule has 1 N–H and O–H groups in total. The van der Waals surface area contributed by atoms with Crippen LogP contribution in [0, 0.1) is 22.7 Å². The normalized spacial score (nSPS) is 39.1. The summed E-state index contributed by atoms with van der Waals surface area (Å²) in [5.41, 5.74) is 0.0983. The topological polar surface area (TPSA) is 74.7 Å². The Balaban J connectivity index is 1.98. The number of fused-ring (bicyclic) bond motifs is 1. The third kappa shape index (κ3) is 2.00. The average Bonchev–Trinajstić information content (AvgIpc) is 2.91. The Kier molecular flexibility index (Phi) is 3.55. The van der Waals surface area contributed by atoms with Crippen LogP contribution in [0.3, 0.4) is 0 Å². The lowest BCUT2D eigenvalue weighted by molar-refractivity contribution is -0.135. The van der Waals surface area contributed by atoms with Gasteiger partial charge < -0.3 is 5.11 Å². The molecule has 1 heterocycles. The van der Waals surface area contributed by atoms with E-state index in [1.807, 2.05) is 0 Å². The highest BCUT2D eigenvalue weighted by Gasteiger charge is 2.72.